The van der Waals surface area contributed by atoms with Crippen molar-refractivity contribution < 1.29 is 28.6 Å². The number of hydrogen-bond acceptors (Lipinski definition) is 6. The van der Waals surface area contributed by atoms with Crippen molar-refractivity contribution in [2.45, 2.75) is 258 Å². The van der Waals surface area contributed by atoms with E-state index < -0.39 is 6.10 Å². The van der Waals surface area contributed by atoms with Crippen LogP contribution in [0.15, 0.2) is 134 Å². The van der Waals surface area contributed by atoms with Gasteiger partial charge in [-0.05, 0) is 135 Å². The van der Waals surface area contributed by atoms with Gasteiger partial charge in [0, 0.05) is 19.3 Å². The molecule has 412 valence electrons. The number of unbranched alkanes of at least 4 members (excludes halogenated alkanes) is 19. The normalized spacial score (nSPS) is 13.1. The van der Waals surface area contributed by atoms with Crippen molar-refractivity contribution in [3.05, 3.63) is 134 Å². The molecule has 6 nitrogen and oxygen atoms in total. The van der Waals surface area contributed by atoms with E-state index in [4.69, 9.17) is 14.2 Å². The Morgan fingerprint density at radius 1 is 0.288 bits per heavy atom. The predicted molar refractivity (Wildman–Crippen MR) is 316 cm³/mol. The molecular weight excluding hydrogens is 901 g/mol. The SMILES string of the molecule is CC/C=C\C/C=C\C/C=C\C/C=C\C/C=C\CCCCCCCC(=O)OCC(COC(=O)CCCCCCC/C=C\C/C=C\CCCCC)OC(=O)CCCCCCCC/C=C\C/C=C\C/C=C\C/C=C\CC. The first-order valence-electron chi connectivity index (χ1n) is 29.7. The summed E-state index contributed by atoms with van der Waals surface area (Å²) in [6.45, 7) is 6.34. The summed E-state index contributed by atoms with van der Waals surface area (Å²) < 4.78 is 16.9. The predicted octanol–water partition coefficient (Wildman–Crippen LogP) is 20.2. The van der Waals surface area contributed by atoms with Gasteiger partial charge in [0.1, 0.15) is 13.2 Å². The molecule has 0 radical (unpaired) electrons. The molecule has 0 aliphatic carbocycles. The van der Waals surface area contributed by atoms with E-state index in [2.05, 4.69) is 154 Å². The highest BCUT2D eigenvalue weighted by Crippen LogP contribution is 2.14. The van der Waals surface area contributed by atoms with Gasteiger partial charge in [0.15, 0.2) is 6.10 Å². The highest BCUT2D eigenvalue weighted by atomic mass is 16.6. The molecule has 1 unspecified atom stereocenters. The fourth-order valence-electron chi connectivity index (χ4n) is 7.72. The van der Waals surface area contributed by atoms with E-state index in [0.717, 1.165) is 173 Å². The molecule has 0 fully saturated rings. The van der Waals surface area contributed by atoms with Crippen LogP contribution < -0.4 is 0 Å². The number of esters is 3. The third kappa shape index (κ3) is 58.3. The number of rotatable bonds is 52. The Bertz CT molecular complexity index is 1580. The minimum absolute atomic E-state index is 0.102. The lowest BCUT2D eigenvalue weighted by Gasteiger charge is -2.18. The van der Waals surface area contributed by atoms with Crippen molar-refractivity contribution in [3.63, 3.8) is 0 Å². The zero-order valence-corrected chi connectivity index (χ0v) is 47.1. The molecule has 0 saturated carbocycles. The summed E-state index contributed by atoms with van der Waals surface area (Å²) in [7, 11) is 0. The van der Waals surface area contributed by atoms with Crippen LogP contribution >= 0.6 is 0 Å². The van der Waals surface area contributed by atoms with Crippen LogP contribution in [-0.2, 0) is 28.6 Å². The monoisotopic (exact) mass is 1010 g/mol. The van der Waals surface area contributed by atoms with Crippen LogP contribution in [0.4, 0.5) is 0 Å². The molecule has 1 atom stereocenters. The highest BCUT2D eigenvalue weighted by Gasteiger charge is 2.19. The van der Waals surface area contributed by atoms with Gasteiger partial charge in [-0.25, -0.2) is 0 Å². The third-order valence-electron chi connectivity index (χ3n) is 12.1. The average Bonchev–Trinajstić information content (AvgIpc) is 3.39. The molecular formula is C67H108O6. The summed E-state index contributed by atoms with van der Waals surface area (Å²) in [5, 5.41) is 0. The van der Waals surface area contributed by atoms with Gasteiger partial charge >= 0.3 is 17.9 Å². The lowest BCUT2D eigenvalue weighted by atomic mass is 10.1. The van der Waals surface area contributed by atoms with E-state index in [9.17, 15) is 14.4 Å². The molecule has 0 aliphatic heterocycles. The molecule has 0 heterocycles. The smallest absolute Gasteiger partial charge is 0.306 e. The molecule has 0 aromatic carbocycles. The van der Waals surface area contributed by atoms with Crippen LogP contribution in [0.3, 0.4) is 0 Å². The molecule has 73 heavy (non-hydrogen) atoms. The Hall–Kier alpha value is -4.45. The van der Waals surface area contributed by atoms with Gasteiger partial charge < -0.3 is 14.2 Å². The zero-order valence-electron chi connectivity index (χ0n) is 47.1. The van der Waals surface area contributed by atoms with Gasteiger partial charge in [-0.3, -0.25) is 14.4 Å². The van der Waals surface area contributed by atoms with Gasteiger partial charge in [0.05, 0.1) is 0 Å². The fraction of sp³-hybridized carbons (Fsp3) is 0.627. The molecule has 0 bridgehead atoms. The molecule has 0 aromatic rings. The van der Waals surface area contributed by atoms with Gasteiger partial charge in [-0.1, -0.05) is 231 Å². The fourth-order valence-corrected chi connectivity index (χ4v) is 7.72. The van der Waals surface area contributed by atoms with Crippen LogP contribution in [0.5, 0.6) is 0 Å². The minimum Gasteiger partial charge on any atom is -0.462 e. The van der Waals surface area contributed by atoms with E-state index in [0.29, 0.717) is 19.3 Å². The summed E-state index contributed by atoms with van der Waals surface area (Å²) in [5.74, 6) is -0.950. The number of allylic oxidation sites excluding steroid dienone is 22. The molecule has 0 amide bonds. The second kappa shape index (κ2) is 60.1. The van der Waals surface area contributed by atoms with Crippen molar-refractivity contribution in [2.24, 2.45) is 0 Å². The Morgan fingerprint density at radius 3 is 0.836 bits per heavy atom. The van der Waals surface area contributed by atoms with E-state index in [1.807, 2.05) is 0 Å². The Kier molecular flexibility index (Phi) is 56.4. The van der Waals surface area contributed by atoms with Gasteiger partial charge in [0.2, 0.25) is 0 Å². The third-order valence-corrected chi connectivity index (χ3v) is 12.1. The van der Waals surface area contributed by atoms with Crippen LogP contribution in [0.1, 0.15) is 252 Å². The van der Waals surface area contributed by atoms with Gasteiger partial charge in [0.25, 0.3) is 0 Å². The highest BCUT2D eigenvalue weighted by molar-refractivity contribution is 5.71. The average molecular weight is 1010 g/mol. The first-order chi connectivity index (χ1) is 36.0. The van der Waals surface area contributed by atoms with E-state index in [-0.39, 0.29) is 31.1 Å². The van der Waals surface area contributed by atoms with Crippen LogP contribution in [0.2, 0.25) is 0 Å². The first kappa shape index (κ1) is 68.6. The molecule has 0 aromatic heterocycles. The molecule has 0 aliphatic rings. The maximum Gasteiger partial charge on any atom is 0.306 e. The van der Waals surface area contributed by atoms with Crippen molar-refractivity contribution in [1.82, 2.24) is 0 Å². The molecule has 0 saturated heterocycles. The topological polar surface area (TPSA) is 78.9 Å². The maximum absolute atomic E-state index is 12.9. The maximum atomic E-state index is 12.9. The van der Waals surface area contributed by atoms with Crippen molar-refractivity contribution in [1.29, 1.82) is 0 Å². The Morgan fingerprint density at radius 2 is 0.534 bits per heavy atom. The second-order valence-corrected chi connectivity index (χ2v) is 19.1. The van der Waals surface area contributed by atoms with Crippen molar-refractivity contribution in [3.8, 4) is 0 Å². The first-order valence-corrected chi connectivity index (χ1v) is 29.7. The summed E-state index contributed by atoms with van der Waals surface area (Å²) in [4.78, 5) is 38.2. The zero-order chi connectivity index (χ0) is 52.9. The lowest BCUT2D eigenvalue weighted by molar-refractivity contribution is -0.167. The quantitative estimate of drug-likeness (QED) is 0.0261. The summed E-state index contributed by atoms with van der Waals surface area (Å²) >= 11 is 0. The van der Waals surface area contributed by atoms with Crippen LogP contribution in [-0.4, -0.2) is 37.2 Å². The van der Waals surface area contributed by atoms with E-state index in [1.54, 1.807) is 0 Å². The number of ether oxygens (including phenoxy) is 3. The molecule has 0 spiro atoms. The molecule has 0 N–H and O–H groups in total. The Balaban J connectivity index is 4.49. The second-order valence-electron chi connectivity index (χ2n) is 19.1. The van der Waals surface area contributed by atoms with E-state index in [1.165, 1.54) is 38.5 Å². The number of carbonyl (C=O) groups excluding carboxylic acids is 3. The van der Waals surface area contributed by atoms with Gasteiger partial charge in [-0.15, -0.1) is 0 Å². The minimum atomic E-state index is -0.806. The van der Waals surface area contributed by atoms with Crippen molar-refractivity contribution >= 4 is 17.9 Å². The Labute approximate surface area is 449 Å². The number of hydrogen-bond donors (Lipinski definition) is 0. The lowest BCUT2D eigenvalue weighted by Crippen LogP contribution is -2.30. The summed E-state index contributed by atoms with van der Waals surface area (Å²) in [6.07, 6.45) is 84.3. The van der Waals surface area contributed by atoms with Crippen molar-refractivity contribution in [2.75, 3.05) is 13.2 Å². The van der Waals surface area contributed by atoms with Gasteiger partial charge in [-0.2, -0.15) is 0 Å². The summed E-state index contributed by atoms with van der Waals surface area (Å²) in [5.41, 5.74) is 0. The van der Waals surface area contributed by atoms with E-state index >= 15 is 0 Å². The standard InChI is InChI=1S/C67H108O6/c1-4-7-10-13-16-19-22-25-28-30-32-33-35-36-39-42-45-48-51-54-57-60-66(69)72-63-64(62-71-65(68)59-56-53-50-47-44-41-38-27-24-21-18-15-12-9-6-3)73-67(70)61-58-55-52-49-46-43-40-37-34-31-29-26-23-20-17-14-11-8-5-2/h7-8,10-11,16-21,25-29,32-34,36-39,64H,4-6,9,12-15,22-24,30-31,35,40-63H2,1-3H3/b10-7-,11-8-,19-16-,20-17-,21-18-,28-25-,29-26-,33-32-,37-34-,38-27-,39-36-. The van der Waals surface area contributed by atoms with Crippen LogP contribution in [0.25, 0.3) is 0 Å². The molecule has 0 rings (SSSR count). The largest absolute Gasteiger partial charge is 0.462 e. The summed E-state index contributed by atoms with van der Waals surface area (Å²) in [6, 6.07) is 0. The van der Waals surface area contributed by atoms with Crippen LogP contribution in [0, 0.1) is 0 Å². The molecule has 6 heteroatoms. The number of carbonyl (C=O) groups is 3.